The summed E-state index contributed by atoms with van der Waals surface area (Å²) in [6.07, 6.45) is -1.60. The Bertz CT molecular complexity index is 1300. The van der Waals surface area contributed by atoms with Crippen molar-refractivity contribution < 1.29 is 32.0 Å². The zero-order valence-electron chi connectivity index (χ0n) is 19.0. The fraction of sp³-hybridized carbons (Fsp3) is 0.409. The number of amides is 1. The Kier molecular flexibility index (Phi) is 6.36. The van der Waals surface area contributed by atoms with Crippen molar-refractivity contribution in [2.24, 2.45) is 5.92 Å². The number of benzene rings is 1. The van der Waals surface area contributed by atoms with E-state index in [-0.39, 0.29) is 21.1 Å². The van der Waals surface area contributed by atoms with Crippen molar-refractivity contribution in [1.29, 1.82) is 0 Å². The summed E-state index contributed by atoms with van der Waals surface area (Å²) in [4.78, 5) is 27.5. The summed E-state index contributed by atoms with van der Waals surface area (Å²) in [5.74, 6) is 0.720. The van der Waals surface area contributed by atoms with Crippen molar-refractivity contribution in [2.75, 3.05) is 11.5 Å². The number of carbonyl (C=O) groups excluding carboxylic acids is 1. The van der Waals surface area contributed by atoms with Gasteiger partial charge in [0.15, 0.2) is 0 Å². The number of hydrogen-bond donors (Lipinski definition) is 0. The fourth-order valence-corrected chi connectivity index (χ4v) is 6.24. The Morgan fingerprint density at radius 2 is 2.06 bits per heavy atom. The summed E-state index contributed by atoms with van der Waals surface area (Å²) in [6.45, 7) is 4.22. The van der Waals surface area contributed by atoms with E-state index in [2.05, 4.69) is 24.8 Å². The van der Waals surface area contributed by atoms with Crippen molar-refractivity contribution >= 4 is 43.9 Å². The maximum absolute atomic E-state index is 12.6. The zero-order chi connectivity index (χ0) is 25.7. The van der Waals surface area contributed by atoms with Gasteiger partial charge in [0, 0.05) is 0 Å². The molecule has 1 amide bonds. The van der Waals surface area contributed by atoms with Crippen LogP contribution in [0.15, 0.2) is 35.0 Å². The van der Waals surface area contributed by atoms with Crippen LogP contribution in [0.4, 0.5) is 23.8 Å². The third-order valence-electron chi connectivity index (χ3n) is 6.08. The number of carbonyl (C=O) groups is 1. The molecular formula is C22H20AsClF3N5O4. The van der Waals surface area contributed by atoms with Gasteiger partial charge in [0.1, 0.15) is 0 Å². The number of anilines is 1. The Morgan fingerprint density at radius 1 is 1.28 bits per heavy atom. The van der Waals surface area contributed by atoms with Gasteiger partial charge in [-0.05, 0) is 0 Å². The van der Waals surface area contributed by atoms with Crippen LogP contribution >= 0.6 is 11.6 Å². The van der Waals surface area contributed by atoms with Crippen LogP contribution in [0.2, 0.25) is 5.02 Å². The summed E-state index contributed by atoms with van der Waals surface area (Å²) in [5.41, 5.74) is -0.172. The van der Waals surface area contributed by atoms with Crippen LogP contribution < -0.4 is 14.2 Å². The number of nitrogens with zero attached hydrogens (tertiary/aromatic N) is 5. The molecule has 2 fully saturated rings. The van der Waals surface area contributed by atoms with E-state index < -0.39 is 39.5 Å². The van der Waals surface area contributed by atoms with Gasteiger partial charge in [-0.2, -0.15) is 0 Å². The Labute approximate surface area is 215 Å². The normalized spacial score (nSPS) is 21.3. The van der Waals surface area contributed by atoms with Crippen LogP contribution in [-0.4, -0.2) is 60.5 Å². The molecule has 2 aliphatic rings. The first-order valence-corrected chi connectivity index (χ1v) is 13.6. The first kappa shape index (κ1) is 24.8. The fourth-order valence-electron chi connectivity index (χ4n) is 4.08. The van der Waals surface area contributed by atoms with E-state index in [0.717, 1.165) is 18.9 Å². The zero-order valence-corrected chi connectivity index (χ0v) is 21.9. The van der Waals surface area contributed by atoms with Crippen molar-refractivity contribution in [1.82, 2.24) is 20.1 Å². The Balaban J connectivity index is 1.33. The number of halogens is 4. The Hall–Kier alpha value is -2.85. The molecule has 3 atom stereocenters. The number of aromatic nitrogens is 4. The van der Waals surface area contributed by atoms with Crippen LogP contribution in [0.25, 0.3) is 11.4 Å². The SMILES string of the molecule is C[C@H]([AsH]c1nccc(N2C(=O)OCC2(C)C2CC2)n1)c1nc(-c2ccc(Cl)c(OC(F)(F)F)c2)no1. The van der Waals surface area contributed by atoms with Gasteiger partial charge in [0.25, 0.3) is 0 Å². The summed E-state index contributed by atoms with van der Waals surface area (Å²) in [6, 6.07) is 5.53. The van der Waals surface area contributed by atoms with Crippen molar-refractivity contribution in [3.8, 4) is 17.1 Å². The molecular weight excluding hydrogens is 566 g/mol. The van der Waals surface area contributed by atoms with E-state index in [9.17, 15) is 18.0 Å². The third kappa shape index (κ3) is 5.01. The average molecular weight is 586 g/mol. The quantitative estimate of drug-likeness (QED) is 0.383. The number of alkyl halides is 3. The second-order valence-electron chi connectivity index (χ2n) is 8.78. The molecule has 3 aromatic rings. The van der Waals surface area contributed by atoms with Crippen LogP contribution in [0.1, 0.15) is 37.3 Å². The molecule has 190 valence electrons. The van der Waals surface area contributed by atoms with Gasteiger partial charge in [0.2, 0.25) is 0 Å². The van der Waals surface area contributed by atoms with E-state index in [1.54, 1.807) is 17.2 Å². The molecule has 9 nitrogen and oxygen atoms in total. The molecule has 36 heavy (non-hydrogen) atoms. The van der Waals surface area contributed by atoms with Gasteiger partial charge >= 0.3 is 215 Å². The molecule has 1 aliphatic carbocycles. The summed E-state index contributed by atoms with van der Waals surface area (Å²) in [7, 11) is 0. The molecule has 14 heteroatoms. The van der Waals surface area contributed by atoms with E-state index in [1.165, 1.54) is 12.1 Å². The van der Waals surface area contributed by atoms with Crippen LogP contribution in [0.5, 0.6) is 5.75 Å². The van der Waals surface area contributed by atoms with Crippen LogP contribution in [0, 0.1) is 5.92 Å². The van der Waals surface area contributed by atoms with Crippen molar-refractivity contribution in [3.05, 3.63) is 41.4 Å². The average Bonchev–Trinajstić information content (AvgIpc) is 3.48. The van der Waals surface area contributed by atoms with Crippen molar-refractivity contribution in [3.63, 3.8) is 0 Å². The van der Waals surface area contributed by atoms with E-state index >= 15 is 0 Å². The molecule has 0 spiro atoms. The molecule has 2 aromatic heterocycles. The topological polar surface area (TPSA) is 103 Å². The minimum absolute atomic E-state index is 0.0989. The standard InChI is InChI=1S/C22H20AsClF3N5O4/c1-11(18-30-17(31-36-18)12-3-6-14(24)15(9-12)35-22(25,26)27)23-19-28-8-7-16(29-19)32-20(33)34-10-21(32,2)13-4-5-13/h3,6-9,11,13,23H,4-5,10H2,1-2H3/t11-,21?/m0/s1. The Morgan fingerprint density at radius 3 is 2.78 bits per heavy atom. The molecule has 1 aliphatic heterocycles. The van der Waals surface area contributed by atoms with Crippen molar-refractivity contribution in [2.45, 2.75) is 43.3 Å². The first-order chi connectivity index (χ1) is 17.0. The summed E-state index contributed by atoms with van der Waals surface area (Å²) in [5, 5.41) is 3.70. The molecule has 2 unspecified atom stereocenters. The number of hydrogen-bond acceptors (Lipinski definition) is 8. The molecule has 5 rings (SSSR count). The maximum atomic E-state index is 12.6. The van der Waals surface area contributed by atoms with E-state index in [4.69, 9.17) is 20.9 Å². The van der Waals surface area contributed by atoms with Crippen LogP contribution in [-0.2, 0) is 4.74 Å². The number of ether oxygens (including phenoxy) is 2. The molecule has 0 N–H and O–H groups in total. The summed E-state index contributed by atoms with van der Waals surface area (Å²) >= 11 is 4.78. The molecule has 1 aromatic carbocycles. The van der Waals surface area contributed by atoms with Gasteiger partial charge in [-0.1, -0.05) is 0 Å². The molecule has 0 radical (unpaired) electrons. The van der Waals surface area contributed by atoms with Gasteiger partial charge in [-0.15, -0.1) is 0 Å². The monoisotopic (exact) mass is 585 g/mol. The number of cyclic esters (lactones) is 1. The van der Waals surface area contributed by atoms with Gasteiger partial charge in [-0.25, -0.2) is 0 Å². The third-order valence-corrected chi connectivity index (χ3v) is 8.87. The predicted octanol–water partition coefficient (Wildman–Crippen LogP) is 4.03. The second-order valence-corrected chi connectivity index (χ2v) is 12.5. The molecule has 0 bridgehead atoms. The first-order valence-electron chi connectivity index (χ1n) is 11.0. The minimum atomic E-state index is -4.89. The second kappa shape index (κ2) is 9.22. The molecule has 1 saturated carbocycles. The van der Waals surface area contributed by atoms with E-state index in [0.29, 0.717) is 28.8 Å². The van der Waals surface area contributed by atoms with Gasteiger partial charge < -0.3 is 0 Å². The van der Waals surface area contributed by atoms with Crippen LogP contribution in [0.3, 0.4) is 0 Å². The van der Waals surface area contributed by atoms with Gasteiger partial charge in [0.05, 0.1) is 0 Å². The number of rotatable bonds is 7. The molecule has 3 heterocycles. The summed E-state index contributed by atoms with van der Waals surface area (Å²) < 4.78 is 53.0. The molecule has 1 saturated heterocycles. The van der Waals surface area contributed by atoms with E-state index in [1.807, 2.05) is 13.8 Å². The van der Waals surface area contributed by atoms with Gasteiger partial charge in [-0.3, -0.25) is 0 Å². The predicted molar refractivity (Wildman–Crippen MR) is 124 cm³/mol.